The summed E-state index contributed by atoms with van der Waals surface area (Å²) in [5, 5.41) is -0.273. The van der Waals surface area contributed by atoms with Crippen molar-refractivity contribution >= 4 is 15.9 Å². The number of rotatable bonds is 9. The molecule has 3 rings (SSSR count). The van der Waals surface area contributed by atoms with Crippen LogP contribution >= 0.6 is 0 Å². The minimum Gasteiger partial charge on any atom is -0.493 e. The predicted octanol–water partition coefficient (Wildman–Crippen LogP) is 4.94. The number of amides is 1. The van der Waals surface area contributed by atoms with E-state index in [1.807, 2.05) is 18.6 Å². The van der Waals surface area contributed by atoms with Crippen molar-refractivity contribution in [2.45, 2.75) is 38.8 Å². The van der Waals surface area contributed by atoms with Crippen LogP contribution in [0.1, 0.15) is 51.5 Å². The number of nitrogens with zero attached hydrogens (tertiary/aromatic N) is 2. The first kappa shape index (κ1) is 26.2. The van der Waals surface area contributed by atoms with Crippen molar-refractivity contribution in [2.75, 3.05) is 13.7 Å². The highest BCUT2D eigenvalue weighted by molar-refractivity contribution is 7.90. The number of benzene rings is 1. The molecule has 0 bridgehead atoms. The number of halogens is 1. The van der Waals surface area contributed by atoms with E-state index < -0.39 is 27.9 Å². The molecule has 1 aromatic carbocycles. The van der Waals surface area contributed by atoms with Gasteiger partial charge in [0.2, 0.25) is 0 Å². The van der Waals surface area contributed by atoms with Crippen molar-refractivity contribution in [3.8, 4) is 17.0 Å². The lowest BCUT2D eigenvalue weighted by atomic mass is 10.0. The summed E-state index contributed by atoms with van der Waals surface area (Å²) in [5.74, 6) is -0.761. The normalized spacial score (nSPS) is 12.4. The number of pyridine rings is 2. The van der Waals surface area contributed by atoms with E-state index in [1.54, 1.807) is 26.0 Å². The van der Waals surface area contributed by atoms with Gasteiger partial charge in [-0.15, -0.1) is 0 Å². The molecule has 0 saturated heterocycles. The van der Waals surface area contributed by atoms with Crippen molar-refractivity contribution in [1.82, 2.24) is 14.7 Å². The van der Waals surface area contributed by atoms with E-state index in [1.165, 1.54) is 43.5 Å². The molecule has 1 N–H and O–H groups in total. The van der Waals surface area contributed by atoms with Gasteiger partial charge in [0.1, 0.15) is 11.6 Å². The number of aromatic nitrogens is 2. The lowest BCUT2D eigenvalue weighted by Gasteiger charge is -2.16. The standard InChI is InChI=1S/C25H28FN3O5S.2H2/c1-15(2)14-34-20-12-18(11-19(26)13-20)22-10-9-21(24(28-22)17(4)33-5)25(30)29-35(31,32)23-8-6-7-16(3)27-23;;/h6-13,15,17H,14H2,1-5H3,(H,29,30);2*1H/t17-;;/m0../s1. The van der Waals surface area contributed by atoms with E-state index in [9.17, 15) is 17.6 Å². The summed E-state index contributed by atoms with van der Waals surface area (Å²) in [4.78, 5) is 21.5. The molecule has 8 nitrogen and oxygen atoms in total. The van der Waals surface area contributed by atoms with E-state index in [4.69, 9.17) is 9.47 Å². The summed E-state index contributed by atoms with van der Waals surface area (Å²) in [6, 6.07) is 11.7. The molecule has 0 spiro atoms. The summed E-state index contributed by atoms with van der Waals surface area (Å²) in [6.45, 7) is 7.71. The predicted molar refractivity (Wildman–Crippen MR) is 133 cm³/mol. The summed E-state index contributed by atoms with van der Waals surface area (Å²) in [5.41, 5.74) is 1.51. The van der Waals surface area contributed by atoms with Crippen LogP contribution in [0.15, 0.2) is 53.6 Å². The zero-order valence-corrected chi connectivity index (χ0v) is 21.0. The Balaban J connectivity index is 0.00000342. The Hall–Kier alpha value is -3.37. The van der Waals surface area contributed by atoms with Crippen molar-refractivity contribution in [3.63, 3.8) is 0 Å². The molecule has 1 amide bonds. The van der Waals surface area contributed by atoms with E-state index in [2.05, 4.69) is 9.97 Å². The van der Waals surface area contributed by atoms with Gasteiger partial charge in [-0.1, -0.05) is 19.9 Å². The van der Waals surface area contributed by atoms with Crippen LogP contribution < -0.4 is 9.46 Å². The van der Waals surface area contributed by atoms with Crippen LogP contribution in [0.4, 0.5) is 4.39 Å². The van der Waals surface area contributed by atoms with E-state index in [-0.39, 0.29) is 25.1 Å². The zero-order chi connectivity index (χ0) is 25.8. The maximum Gasteiger partial charge on any atom is 0.281 e. The van der Waals surface area contributed by atoms with Crippen LogP contribution in [0.5, 0.6) is 5.75 Å². The summed E-state index contributed by atoms with van der Waals surface area (Å²) < 4.78 is 52.7. The fraction of sp³-hybridized carbons (Fsp3) is 0.320. The molecule has 0 saturated carbocycles. The molecule has 1 atom stereocenters. The Bertz CT molecular complexity index is 1340. The third-order valence-electron chi connectivity index (χ3n) is 5.02. The molecule has 0 aliphatic heterocycles. The van der Waals surface area contributed by atoms with Crippen LogP contribution in [-0.4, -0.2) is 38.0 Å². The first-order chi connectivity index (χ1) is 16.5. The second-order valence-corrected chi connectivity index (χ2v) is 10.1. The van der Waals surface area contributed by atoms with Gasteiger partial charge in [0, 0.05) is 27.3 Å². The Morgan fingerprint density at radius 1 is 1.11 bits per heavy atom. The fourth-order valence-electron chi connectivity index (χ4n) is 3.20. The third kappa shape index (κ3) is 6.61. The summed E-state index contributed by atoms with van der Waals surface area (Å²) in [7, 11) is -2.77. The van der Waals surface area contributed by atoms with Crippen molar-refractivity contribution in [3.05, 3.63) is 71.3 Å². The second kappa shape index (κ2) is 10.9. The van der Waals surface area contributed by atoms with Gasteiger partial charge in [-0.3, -0.25) is 4.79 Å². The Morgan fingerprint density at radius 2 is 1.86 bits per heavy atom. The third-order valence-corrected chi connectivity index (χ3v) is 6.26. The monoisotopic (exact) mass is 505 g/mol. The Labute approximate surface area is 207 Å². The number of ether oxygens (including phenoxy) is 2. The number of carbonyl (C=O) groups excluding carboxylic acids is 1. The first-order valence-corrected chi connectivity index (χ1v) is 12.5. The minimum absolute atomic E-state index is 0. The number of nitrogens with one attached hydrogen (secondary N) is 1. The second-order valence-electron chi connectivity index (χ2n) is 8.44. The molecule has 0 aliphatic carbocycles. The Morgan fingerprint density at radius 3 is 2.51 bits per heavy atom. The summed E-state index contributed by atoms with van der Waals surface area (Å²) >= 11 is 0. The van der Waals surface area contributed by atoms with Crippen LogP contribution in [0.3, 0.4) is 0 Å². The average molecular weight is 506 g/mol. The highest BCUT2D eigenvalue weighted by atomic mass is 32.2. The molecule has 0 radical (unpaired) electrons. The van der Waals surface area contributed by atoms with E-state index in [0.717, 1.165) is 0 Å². The zero-order valence-electron chi connectivity index (χ0n) is 20.2. The van der Waals surface area contributed by atoms with Gasteiger partial charge in [0.25, 0.3) is 15.9 Å². The lowest BCUT2D eigenvalue weighted by molar-refractivity contribution is 0.0953. The highest BCUT2D eigenvalue weighted by Crippen LogP contribution is 2.28. The molecular weight excluding hydrogens is 473 g/mol. The lowest BCUT2D eigenvalue weighted by Crippen LogP contribution is -2.32. The number of carbonyl (C=O) groups is 1. The number of hydrogen-bond acceptors (Lipinski definition) is 7. The van der Waals surface area contributed by atoms with Gasteiger partial charge in [-0.25, -0.2) is 19.1 Å². The SMILES string of the molecule is CO[C@@H](C)c1nc(-c2cc(F)cc(OCC(C)C)c2)ccc1C(=O)NS(=O)(=O)c1cccc(C)n1.[HH].[HH]. The van der Waals surface area contributed by atoms with Gasteiger partial charge in [0.15, 0.2) is 5.03 Å². The largest absolute Gasteiger partial charge is 0.493 e. The minimum atomic E-state index is -4.21. The molecule has 190 valence electrons. The number of hydrogen-bond donors (Lipinski definition) is 1. The Kier molecular flexibility index (Phi) is 8.18. The van der Waals surface area contributed by atoms with E-state index >= 15 is 0 Å². The fourth-order valence-corrected chi connectivity index (χ4v) is 4.18. The molecule has 0 aliphatic rings. The molecule has 2 aromatic heterocycles. The van der Waals surface area contributed by atoms with Crippen LogP contribution in [-0.2, 0) is 14.8 Å². The number of sulfonamides is 1. The van der Waals surface area contributed by atoms with Crippen LogP contribution in [0.25, 0.3) is 11.3 Å². The first-order valence-electron chi connectivity index (χ1n) is 11.0. The van der Waals surface area contributed by atoms with Crippen LogP contribution in [0, 0.1) is 18.7 Å². The topological polar surface area (TPSA) is 107 Å². The van der Waals surface area contributed by atoms with Crippen molar-refractivity contribution in [2.24, 2.45) is 5.92 Å². The van der Waals surface area contributed by atoms with Gasteiger partial charge >= 0.3 is 0 Å². The number of methoxy groups -OCH3 is 1. The number of aryl methyl sites for hydroxylation is 1. The van der Waals surface area contributed by atoms with Crippen molar-refractivity contribution < 1.29 is 29.9 Å². The quantitative estimate of drug-likeness (QED) is 0.439. The van der Waals surface area contributed by atoms with Crippen LogP contribution in [0.2, 0.25) is 0 Å². The molecule has 0 fully saturated rings. The molecule has 3 aromatic rings. The highest BCUT2D eigenvalue weighted by Gasteiger charge is 2.25. The van der Waals surface area contributed by atoms with Gasteiger partial charge in [-0.2, -0.15) is 8.42 Å². The van der Waals surface area contributed by atoms with Gasteiger partial charge in [-0.05, 0) is 56.2 Å². The van der Waals surface area contributed by atoms with Gasteiger partial charge in [0.05, 0.1) is 29.7 Å². The van der Waals surface area contributed by atoms with Gasteiger partial charge < -0.3 is 9.47 Å². The maximum atomic E-state index is 14.3. The molecule has 10 heteroatoms. The van der Waals surface area contributed by atoms with E-state index in [0.29, 0.717) is 29.3 Å². The smallest absolute Gasteiger partial charge is 0.281 e. The molecular formula is C25H32FN3O5S. The molecule has 35 heavy (non-hydrogen) atoms. The molecule has 0 unspecified atom stereocenters. The maximum absolute atomic E-state index is 14.3. The van der Waals surface area contributed by atoms with Crippen molar-refractivity contribution in [1.29, 1.82) is 0 Å². The summed E-state index contributed by atoms with van der Waals surface area (Å²) in [6.07, 6.45) is -0.652. The molecule has 2 heterocycles. The average Bonchev–Trinajstić information content (AvgIpc) is 2.81.